The summed E-state index contributed by atoms with van der Waals surface area (Å²) in [5, 5.41) is 2.76. The van der Waals surface area contributed by atoms with Crippen LogP contribution in [0, 0.1) is 11.6 Å². The molecule has 1 saturated heterocycles. The monoisotopic (exact) mass is 479 g/mol. The number of amides is 3. The molecule has 1 fully saturated rings. The largest absolute Gasteiger partial charge is 0.323 e. The van der Waals surface area contributed by atoms with E-state index in [1.165, 1.54) is 42.1 Å². The van der Waals surface area contributed by atoms with Crippen LogP contribution in [0.5, 0.6) is 0 Å². The number of benzene rings is 3. The predicted octanol–water partition coefficient (Wildman–Crippen LogP) is 5.72. The number of hydrogen-bond donors (Lipinski definition) is 1. The molecule has 3 aromatic rings. The van der Waals surface area contributed by atoms with Crippen LogP contribution in [-0.2, 0) is 16.2 Å². The Bertz CT molecular complexity index is 1280. The molecule has 1 spiro atoms. The Morgan fingerprint density at radius 3 is 2.47 bits per heavy atom. The lowest BCUT2D eigenvalue weighted by Crippen LogP contribution is -2.51. The third-order valence-corrected chi connectivity index (χ3v) is 7.60. The van der Waals surface area contributed by atoms with Crippen LogP contribution in [0.1, 0.15) is 25.0 Å². The van der Waals surface area contributed by atoms with Crippen LogP contribution >= 0.6 is 11.8 Å². The molecule has 0 saturated carbocycles. The first-order valence-corrected chi connectivity index (χ1v) is 11.7. The summed E-state index contributed by atoms with van der Waals surface area (Å²) in [6, 6.07) is 18.6. The second kappa shape index (κ2) is 8.13. The first-order chi connectivity index (χ1) is 16.2. The molecule has 2 aliphatic rings. The quantitative estimate of drug-likeness (QED) is 0.523. The third kappa shape index (κ3) is 3.72. The molecule has 3 aromatic carbocycles. The van der Waals surface area contributed by atoms with Crippen LogP contribution in [0.25, 0.3) is 0 Å². The molecule has 1 N–H and O–H groups in total. The fourth-order valence-corrected chi connectivity index (χ4v) is 6.37. The van der Waals surface area contributed by atoms with Gasteiger partial charge in [-0.2, -0.15) is 0 Å². The number of urea groups is 1. The number of rotatable bonds is 3. The Labute approximate surface area is 200 Å². The van der Waals surface area contributed by atoms with Gasteiger partial charge in [0.15, 0.2) is 4.87 Å². The second-order valence-electron chi connectivity index (χ2n) is 9.07. The van der Waals surface area contributed by atoms with Crippen molar-refractivity contribution in [2.24, 2.45) is 0 Å². The standard InChI is InChI=1S/C26H23F2N3O2S/c1-25(2)16-31(24(33)29-20-7-5-6-19(28)14-20)26(34-25)21-8-3-4-9-22(21)30(23(26)32)15-17-10-12-18(27)13-11-17/h3-14H,15-16H2,1-2H3,(H,29,33). The minimum absolute atomic E-state index is 0.233. The predicted molar refractivity (Wildman–Crippen MR) is 130 cm³/mol. The molecule has 0 aliphatic carbocycles. The summed E-state index contributed by atoms with van der Waals surface area (Å²) in [7, 11) is 0. The molecule has 0 bridgehead atoms. The van der Waals surface area contributed by atoms with E-state index in [0.29, 0.717) is 17.9 Å². The zero-order chi connectivity index (χ0) is 24.1. The van der Waals surface area contributed by atoms with Crippen LogP contribution < -0.4 is 10.2 Å². The van der Waals surface area contributed by atoms with Gasteiger partial charge in [0.05, 0.1) is 12.2 Å². The van der Waals surface area contributed by atoms with Crippen molar-refractivity contribution in [3.05, 3.63) is 95.6 Å². The van der Waals surface area contributed by atoms with Crippen LogP contribution in [0.3, 0.4) is 0 Å². The average molecular weight is 480 g/mol. The van der Waals surface area contributed by atoms with E-state index in [0.717, 1.165) is 11.1 Å². The Kier molecular flexibility index (Phi) is 5.36. The van der Waals surface area contributed by atoms with E-state index in [-0.39, 0.29) is 18.3 Å². The molecular weight excluding hydrogens is 456 g/mol. The number of anilines is 2. The van der Waals surface area contributed by atoms with E-state index in [4.69, 9.17) is 0 Å². The fourth-order valence-electron chi connectivity index (χ4n) is 4.64. The number of nitrogens with zero attached hydrogens (tertiary/aromatic N) is 2. The molecule has 0 radical (unpaired) electrons. The van der Waals surface area contributed by atoms with E-state index < -0.39 is 21.5 Å². The molecule has 1 atom stereocenters. The summed E-state index contributed by atoms with van der Waals surface area (Å²) >= 11 is 1.44. The summed E-state index contributed by atoms with van der Waals surface area (Å²) in [4.78, 5) is 29.6. The van der Waals surface area contributed by atoms with Crippen LogP contribution in [0.4, 0.5) is 25.0 Å². The van der Waals surface area contributed by atoms with Gasteiger partial charge in [0.2, 0.25) is 0 Å². The van der Waals surface area contributed by atoms with Gasteiger partial charge in [0.1, 0.15) is 11.6 Å². The van der Waals surface area contributed by atoms with Crippen molar-refractivity contribution >= 4 is 35.1 Å². The molecule has 1 unspecified atom stereocenters. The number of hydrogen-bond acceptors (Lipinski definition) is 3. The van der Waals surface area contributed by atoms with Crippen LogP contribution in [0.2, 0.25) is 0 Å². The number of carbonyl (C=O) groups excluding carboxylic acids is 2. The van der Waals surface area contributed by atoms with Crippen LogP contribution in [-0.4, -0.2) is 28.1 Å². The number of carbonyl (C=O) groups is 2. The van der Waals surface area contributed by atoms with Crippen molar-refractivity contribution in [2.75, 3.05) is 16.8 Å². The van der Waals surface area contributed by atoms with Gasteiger partial charge in [-0.05, 0) is 55.8 Å². The maximum absolute atomic E-state index is 14.1. The van der Waals surface area contributed by atoms with Gasteiger partial charge in [-0.1, -0.05) is 36.4 Å². The molecule has 3 amide bonds. The van der Waals surface area contributed by atoms with Crippen molar-refractivity contribution in [1.29, 1.82) is 0 Å². The van der Waals surface area contributed by atoms with Gasteiger partial charge >= 0.3 is 6.03 Å². The number of thioether (sulfide) groups is 1. The van der Waals surface area contributed by atoms with Crippen molar-refractivity contribution < 1.29 is 18.4 Å². The number of nitrogens with one attached hydrogen (secondary N) is 1. The smallest absolute Gasteiger partial charge is 0.308 e. The molecule has 5 rings (SSSR count). The summed E-state index contributed by atoms with van der Waals surface area (Å²) in [5.41, 5.74) is 2.54. The summed E-state index contributed by atoms with van der Waals surface area (Å²) in [6.07, 6.45) is 0. The Morgan fingerprint density at radius 1 is 1.00 bits per heavy atom. The van der Waals surface area contributed by atoms with E-state index in [9.17, 15) is 18.4 Å². The van der Waals surface area contributed by atoms with Crippen molar-refractivity contribution in [2.45, 2.75) is 30.0 Å². The maximum atomic E-state index is 14.1. The summed E-state index contributed by atoms with van der Waals surface area (Å²) in [6.45, 7) is 4.56. The first-order valence-electron chi connectivity index (χ1n) is 10.9. The first kappa shape index (κ1) is 22.4. The number of halogens is 2. The van der Waals surface area contributed by atoms with Gasteiger partial charge < -0.3 is 10.2 Å². The lowest BCUT2D eigenvalue weighted by Gasteiger charge is -2.33. The minimum atomic E-state index is -1.27. The van der Waals surface area contributed by atoms with Gasteiger partial charge in [-0.15, -0.1) is 11.8 Å². The molecular formula is C26H23F2N3O2S. The third-order valence-electron chi connectivity index (χ3n) is 6.01. The average Bonchev–Trinajstić information content (AvgIpc) is 3.22. The molecule has 2 heterocycles. The van der Waals surface area contributed by atoms with E-state index in [1.807, 2.05) is 38.1 Å². The molecule has 8 heteroatoms. The van der Waals surface area contributed by atoms with Crippen molar-refractivity contribution in [1.82, 2.24) is 4.90 Å². The fraction of sp³-hybridized carbons (Fsp3) is 0.231. The van der Waals surface area contributed by atoms with E-state index in [2.05, 4.69) is 5.32 Å². The van der Waals surface area contributed by atoms with Gasteiger partial charge in [0, 0.05) is 22.5 Å². The molecule has 5 nitrogen and oxygen atoms in total. The zero-order valence-corrected chi connectivity index (χ0v) is 19.5. The molecule has 2 aliphatic heterocycles. The minimum Gasteiger partial charge on any atom is -0.308 e. The van der Waals surface area contributed by atoms with Gasteiger partial charge in [0.25, 0.3) is 5.91 Å². The van der Waals surface area contributed by atoms with Crippen molar-refractivity contribution in [3.8, 4) is 0 Å². The Balaban J connectivity index is 1.55. The van der Waals surface area contributed by atoms with E-state index in [1.54, 1.807) is 28.0 Å². The molecule has 0 aromatic heterocycles. The van der Waals surface area contributed by atoms with Gasteiger partial charge in [-0.3, -0.25) is 9.69 Å². The highest BCUT2D eigenvalue weighted by Gasteiger charge is 2.63. The SMILES string of the molecule is CC1(C)CN(C(=O)Nc2cccc(F)c2)C2(S1)C(=O)N(Cc1ccc(F)cc1)c1ccccc12. The van der Waals surface area contributed by atoms with E-state index >= 15 is 0 Å². The topological polar surface area (TPSA) is 52.7 Å². The molecule has 174 valence electrons. The highest BCUT2D eigenvalue weighted by molar-refractivity contribution is 8.02. The highest BCUT2D eigenvalue weighted by Crippen LogP contribution is 2.59. The lowest BCUT2D eigenvalue weighted by atomic mass is 10.1. The highest BCUT2D eigenvalue weighted by atomic mass is 32.2. The molecule has 34 heavy (non-hydrogen) atoms. The summed E-state index contributed by atoms with van der Waals surface area (Å²) in [5.74, 6) is -1.04. The van der Waals surface area contributed by atoms with Gasteiger partial charge in [-0.25, -0.2) is 13.6 Å². The Hall–Kier alpha value is -3.39. The Morgan fingerprint density at radius 2 is 1.74 bits per heavy atom. The maximum Gasteiger partial charge on any atom is 0.323 e. The second-order valence-corrected chi connectivity index (χ2v) is 11.0. The summed E-state index contributed by atoms with van der Waals surface area (Å²) < 4.78 is 26.7. The number of para-hydroxylation sites is 1. The van der Waals surface area contributed by atoms with Crippen molar-refractivity contribution in [3.63, 3.8) is 0 Å². The van der Waals surface area contributed by atoms with Crippen LogP contribution in [0.15, 0.2) is 72.8 Å². The number of fused-ring (bicyclic) bond motifs is 2. The normalized spacial score (nSPS) is 20.6. The zero-order valence-electron chi connectivity index (χ0n) is 18.7. The lowest BCUT2D eigenvalue weighted by molar-refractivity contribution is -0.123.